The molecule has 2 rings (SSSR count). The smallest absolute Gasteiger partial charge is 0.257 e. The van der Waals surface area contributed by atoms with Gasteiger partial charge < -0.3 is 9.64 Å². The second-order valence-electron chi connectivity index (χ2n) is 4.75. The van der Waals surface area contributed by atoms with Gasteiger partial charge in [-0.15, -0.1) is 0 Å². The SMILES string of the molecule is CCOc1ccccc1C(=O)N(C)Cc1ccn(CC)n1. The summed E-state index contributed by atoms with van der Waals surface area (Å²) in [5, 5.41) is 4.40. The van der Waals surface area contributed by atoms with E-state index in [1.165, 1.54) is 0 Å². The van der Waals surface area contributed by atoms with Crippen LogP contribution < -0.4 is 4.74 Å². The van der Waals surface area contributed by atoms with Gasteiger partial charge in [0.05, 0.1) is 24.4 Å². The third-order valence-electron chi connectivity index (χ3n) is 3.18. The van der Waals surface area contributed by atoms with Gasteiger partial charge in [0.15, 0.2) is 0 Å². The van der Waals surface area contributed by atoms with E-state index >= 15 is 0 Å². The van der Waals surface area contributed by atoms with Crippen molar-refractivity contribution in [3.8, 4) is 5.75 Å². The molecule has 0 aliphatic rings. The number of hydrogen-bond acceptors (Lipinski definition) is 3. The lowest BCUT2D eigenvalue weighted by molar-refractivity contribution is 0.0779. The number of aromatic nitrogens is 2. The highest BCUT2D eigenvalue weighted by Gasteiger charge is 2.17. The molecule has 0 unspecified atom stereocenters. The highest BCUT2D eigenvalue weighted by Crippen LogP contribution is 2.20. The third kappa shape index (κ3) is 3.62. The van der Waals surface area contributed by atoms with Crippen molar-refractivity contribution in [2.24, 2.45) is 0 Å². The summed E-state index contributed by atoms with van der Waals surface area (Å²) in [5.41, 5.74) is 1.46. The van der Waals surface area contributed by atoms with Gasteiger partial charge >= 0.3 is 0 Å². The maximum atomic E-state index is 12.5. The van der Waals surface area contributed by atoms with Crippen molar-refractivity contribution in [3.63, 3.8) is 0 Å². The number of amides is 1. The van der Waals surface area contributed by atoms with Gasteiger partial charge in [-0.2, -0.15) is 5.10 Å². The second kappa shape index (κ2) is 6.92. The molecule has 5 heteroatoms. The van der Waals surface area contributed by atoms with Gasteiger partial charge in [0.25, 0.3) is 5.91 Å². The summed E-state index contributed by atoms with van der Waals surface area (Å²) in [6.45, 7) is 5.78. The number of para-hydroxylation sites is 1. The molecule has 0 saturated heterocycles. The minimum atomic E-state index is -0.0647. The molecule has 0 spiro atoms. The Kier molecular flexibility index (Phi) is 4.98. The Balaban J connectivity index is 2.11. The number of hydrogen-bond donors (Lipinski definition) is 0. The Bertz CT molecular complexity index is 607. The number of nitrogens with zero attached hydrogens (tertiary/aromatic N) is 3. The number of ether oxygens (including phenoxy) is 1. The maximum Gasteiger partial charge on any atom is 0.257 e. The van der Waals surface area contributed by atoms with Crippen LogP contribution in [0.5, 0.6) is 5.75 Å². The molecule has 1 aromatic carbocycles. The fourth-order valence-electron chi connectivity index (χ4n) is 2.11. The average Bonchev–Trinajstić information content (AvgIpc) is 2.95. The van der Waals surface area contributed by atoms with Crippen LogP contribution in [0.4, 0.5) is 0 Å². The highest BCUT2D eigenvalue weighted by molar-refractivity contribution is 5.96. The van der Waals surface area contributed by atoms with Crippen LogP contribution in [0.3, 0.4) is 0 Å². The second-order valence-corrected chi connectivity index (χ2v) is 4.75. The third-order valence-corrected chi connectivity index (χ3v) is 3.18. The van der Waals surface area contributed by atoms with Crippen molar-refractivity contribution in [1.29, 1.82) is 0 Å². The predicted molar refractivity (Wildman–Crippen MR) is 81.3 cm³/mol. The monoisotopic (exact) mass is 287 g/mol. The van der Waals surface area contributed by atoms with Crippen molar-refractivity contribution in [2.45, 2.75) is 26.9 Å². The molecule has 5 nitrogen and oxygen atoms in total. The van der Waals surface area contributed by atoms with E-state index in [-0.39, 0.29) is 5.91 Å². The van der Waals surface area contributed by atoms with E-state index < -0.39 is 0 Å². The number of benzene rings is 1. The van der Waals surface area contributed by atoms with E-state index in [9.17, 15) is 4.79 Å². The van der Waals surface area contributed by atoms with Crippen molar-refractivity contribution < 1.29 is 9.53 Å². The van der Waals surface area contributed by atoms with E-state index in [1.807, 2.05) is 49.0 Å². The molecule has 21 heavy (non-hydrogen) atoms. The van der Waals surface area contributed by atoms with E-state index in [0.717, 1.165) is 12.2 Å². The number of carbonyl (C=O) groups is 1. The molecule has 0 fully saturated rings. The average molecular weight is 287 g/mol. The summed E-state index contributed by atoms with van der Waals surface area (Å²) in [5.74, 6) is 0.557. The molecule has 112 valence electrons. The van der Waals surface area contributed by atoms with Crippen LogP contribution in [0, 0.1) is 0 Å². The minimum absolute atomic E-state index is 0.0647. The molecule has 1 heterocycles. The summed E-state index contributed by atoms with van der Waals surface area (Å²) >= 11 is 0. The Morgan fingerprint density at radius 1 is 1.29 bits per heavy atom. The molecule has 1 amide bonds. The molecule has 1 aromatic heterocycles. The van der Waals surface area contributed by atoms with Crippen LogP contribution in [0.15, 0.2) is 36.5 Å². The normalized spacial score (nSPS) is 10.4. The van der Waals surface area contributed by atoms with Crippen molar-refractivity contribution in [1.82, 2.24) is 14.7 Å². The predicted octanol–water partition coefficient (Wildman–Crippen LogP) is 2.57. The standard InChI is InChI=1S/C16H21N3O2/c1-4-19-11-10-13(17-19)12-18(3)16(20)14-8-6-7-9-15(14)21-5-2/h6-11H,4-5,12H2,1-3H3. The number of rotatable bonds is 6. The van der Waals surface area contributed by atoms with Crippen molar-refractivity contribution >= 4 is 5.91 Å². The quantitative estimate of drug-likeness (QED) is 0.820. The van der Waals surface area contributed by atoms with Crippen molar-refractivity contribution in [2.75, 3.05) is 13.7 Å². The summed E-state index contributed by atoms with van der Waals surface area (Å²) in [6.07, 6.45) is 1.92. The summed E-state index contributed by atoms with van der Waals surface area (Å²) in [7, 11) is 1.77. The Labute approximate surface area is 125 Å². The lowest BCUT2D eigenvalue weighted by Crippen LogP contribution is -2.27. The molecule has 2 aromatic rings. The zero-order valence-electron chi connectivity index (χ0n) is 12.7. The number of carbonyl (C=O) groups excluding carboxylic acids is 1. The molecule has 0 N–H and O–H groups in total. The number of aryl methyl sites for hydroxylation is 1. The van der Waals surface area contributed by atoms with Gasteiger partial charge in [0, 0.05) is 19.8 Å². The first-order valence-corrected chi connectivity index (χ1v) is 7.15. The van der Waals surface area contributed by atoms with Crippen LogP contribution in [0.1, 0.15) is 29.9 Å². The van der Waals surface area contributed by atoms with Crippen LogP contribution in [-0.2, 0) is 13.1 Å². The molecule has 0 radical (unpaired) electrons. The molecule has 0 bridgehead atoms. The van der Waals surface area contributed by atoms with E-state index in [0.29, 0.717) is 24.5 Å². The Morgan fingerprint density at radius 2 is 2.05 bits per heavy atom. The van der Waals surface area contributed by atoms with E-state index in [4.69, 9.17) is 4.74 Å². The zero-order chi connectivity index (χ0) is 15.2. The molecule has 0 aliphatic carbocycles. The molecule has 0 saturated carbocycles. The lowest BCUT2D eigenvalue weighted by Gasteiger charge is -2.18. The molecular formula is C16H21N3O2. The summed E-state index contributed by atoms with van der Waals surface area (Å²) in [4.78, 5) is 14.2. The van der Waals surface area contributed by atoms with Crippen LogP contribution in [0.2, 0.25) is 0 Å². The van der Waals surface area contributed by atoms with E-state index in [1.54, 1.807) is 18.0 Å². The van der Waals surface area contributed by atoms with Crippen LogP contribution >= 0.6 is 0 Å². The van der Waals surface area contributed by atoms with Gasteiger partial charge in [-0.05, 0) is 32.0 Å². The van der Waals surface area contributed by atoms with E-state index in [2.05, 4.69) is 5.10 Å². The maximum absolute atomic E-state index is 12.5. The Hall–Kier alpha value is -2.30. The van der Waals surface area contributed by atoms with Crippen molar-refractivity contribution in [3.05, 3.63) is 47.8 Å². The van der Waals surface area contributed by atoms with Gasteiger partial charge in [-0.25, -0.2) is 0 Å². The summed E-state index contributed by atoms with van der Waals surface area (Å²) in [6, 6.07) is 9.24. The fraction of sp³-hybridized carbons (Fsp3) is 0.375. The highest BCUT2D eigenvalue weighted by atomic mass is 16.5. The van der Waals surface area contributed by atoms with Crippen LogP contribution in [-0.4, -0.2) is 34.2 Å². The fourth-order valence-corrected chi connectivity index (χ4v) is 2.11. The summed E-state index contributed by atoms with van der Waals surface area (Å²) < 4.78 is 7.36. The molecule has 0 aliphatic heterocycles. The zero-order valence-corrected chi connectivity index (χ0v) is 12.7. The largest absolute Gasteiger partial charge is 0.493 e. The van der Waals surface area contributed by atoms with Crippen LogP contribution in [0.25, 0.3) is 0 Å². The first kappa shape index (κ1) is 15.1. The first-order valence-electron chi connectivity index (χ1n) is 7.15. The van der Waals surface area contributed by atoms with Gasteiger partial charge in [-0.3, -0.25) is 9.48 Å². The van der Waals surface area contributed by atoms with Gasteiger partial charge in [0.1, 0.15) is 5.75 Å². The molecule has 0 atom stereocenters. The molecular weight excluding hydrogens is 266 g/mol. The van der Waals surface area contributed by atoms with Gasteiger partial charge in [-0.1, -0.05) is 12.1 Å². The van der Waals surface area contributed by atoms with Gasteiger partial charge in [0.2, 0.25) is 0 Å². The lowest BCUT2D eigenvalue weighted by atomic mass is 10.1. The first-order chi connectivity index (χ1) is 10.2. The minimum Gasteiger partial charge on any atom is -0.493 e. The Morgan fingerprint density at radius 3 is 2.71 bits per heavy atom. The topological polar surface area (TPSA) is 47.4 Å².